The standard InChI is InChI=1S/C10H12ClN5O2/c1-7-8(11)13-10(18)16(9(7)17)5-2-4-15-6-3-12-14-15/h3,6H,2,4-5H2,1H3,(H,13,18). The maximum atomic E-state index is 11.8. The molecule has 0 fully saturated rings. The Labute approximate surface area is 107 Å². The van der Waals surface area contributed by atoms with Crippen LogP contribution >= 0.6 is 11.6 Å². The van der Waals surface area contributed by atoms with Crippen LogP contribution in [0.15, 0.2) is 22.0 Å². The largest absolute Gasteiger partial charge is 0.329 e. The Morgan fingerprint density at radius 3 is 2.83 bits per heavy atom. The number of halogens is 1. The molecule has 96 valence electrons. The molecule has 0 aliphatic heterocycles. The van der Waals surface area contributed by atoms with E-state index in [0.29, 0.717) is 25.1 Å². The first-order chi connectivity index (χ1) is 8.59. The summed E-state index contributed by atoms with van der Waals surface area (Å²) in [6.07, 6.45) is 3.90. The highest BCUT2D eigenvalue weighted by Gasteiger charge is 2.08. The molecule has 2 aromatic rings. The van der Waals surface area contributed by atoms with Gasteiger partial charge in [-0.1, -0.05) is 16.8 Å². The molecule has 8 heteroatoms. The predicted octanol–water partition coefficient (Wildman–Crippen LogP) is 0.180. The maximum absolute atomic E-state index is 11.8. The normalized spacial score (nSPS) is 10.8. The number of aromatic amines is 1. The summed E-state index contributed by atoms with van der Waals surface area (Å²) in [5.74, 6) is 0. The molecular formula is C10H12ClN5O2. The lowest BCUT2D eigenvalue weighted by Crippen LogP contribution is -2.36. The number of nitrogens with zero attached hydrogens (tertiary/aromatic N) is 4. The average molecular weight is 270 g/mol. The van der Waals surface area contributed by atoms with Crippen molar-refractivity contribution in [3.63, 3.8) is 0 Å². The van der Waals surface area contributed by atoms with E-state index in [0.717, 1.165) is 4.57 Å². The zero-order valence-electron chi connectivity index (χ0n) is 9.76. The molecule has 0 saturated heterocycles. The summed E-state index contributed by atoms with van der Waals surface area (Å²) >= 11 is 5.72. The molecule has 0 saturated carbocycles. The molecular weight excluding hydrogens is 258 g/mol. The molecule has 0 radical (unpaired) electrons. The van der Waals surface area contributed by atoms with Crippen molar-refractivity contribution in [3.8, 4) is 0 Å². The van der Waals surface area contributed by atoms with E-state index in [4.69, 9.17) is 11.6 Å². The summed E-state index contributed by atoms with van der Waals surface area (Å²) in [6.45, 7) is 2.48. The van der Waals surface area contributed by atoms with E-state index in [-0.39, 0.29) is 10.7 Å². The van der Waals surface area contributed by atoms with Crippen molar-refractivity contribution < 1.29 is 0 Å². The summed E-state index contributed by atoms with van der Waals surface area (Å²) in [5.41, 5.74) is -0.506. The lowest BCUT2D eigenvalue weighted by molar-refractivity contribution is 0.496. The first-order valence-corrected chi connectivity index (χ1v) is 5.80. The highest BCUT2D eigenvalue weighted by molar-refractivity contribution is 6.30. The number of aromatic nitrogens is 5. The third kappa shape index (κ3) is 2.51. The Bertz CT molecular complexity index is 643. The second kappa shape index (κ2) is 5.18. The van der Waals surface area contributed by atoms with E-state index < -0.39 is 5.69 Å². The number of hydrogen-bond donors (Lipinski definition) is 1. The molecule has 18 heavy (non-hydrogen) atoms. The quantitative estimate of drug-likeness (QED) is 0.803. The van der Waals surface area contributed by atoms with Crippen LogP contribution in [-0.2, 0) is 13.1 Å². The Balaban J connectivity index is 2.13. The van der Waals surface area contributed by atoms with Crippen LogP contribution in [0.5, 0.6) is 0 Å². The minimum absolute atomic E-state index is 0.0949. The average Bonchev–Trinajstić information content (AvgIpc) is 2.84. The topological polar surface area (TPSA) is 85.6 Å². The van der Waals surface area contributed by atoms with Gasteiger partial charge in [-0.2, -0.15) is 0 Å². The van der Waals surface area contributed by atoms with E-state index in [1.807, 2.05) is 0 Å². The molecule has 2 rings (SSSR count). The van der Waals surface area contributed by atoms with Crippen molar-refractivity contribution in [2.24, 2.45) is 0 Å². The van der Waals surface area contributed by atoms with Crippen LogP contribution in [-0.4, -0.2) is 24.5 Å². The van der Waals surface area contributed by atoms with Gasteiger partial charge in [-0.05, 0) is 13.3 Å². The fourth-order valence-electron chi connectivity index (χ4n) is 1.59. The van der Waals surface area contributed by atoms with Gasteiger partial charge >= 0.3 is 5.69 Å². The molecule has 0 aromatic carbocycles. The van der Waals surface area contributed by atoms with Crippen molar-refractivity contribution in [2.45, 2.75) is 26.4 Å². The van der Waals surface area contributed by atoms with Crippen molar-refractivity contribution in [3.05, 3.63) is 43.9 Å². The third-order valence-electron chi connectivity index (χ3n) is 2.60. The molecule has 2 aromatic heterocycles. The van der Waals surface area contributed by atoms with Gasteiger partial charge in [0.2, 0.25) is 0 Å². The van der Waals surface area contributed by atoms with Gasteiger partial charge in [-0.3, -0.25) is 19.0 Å². The van der Waals surface area contributed by atoms with Crippen LogP contribution in [0.4, 0.5) is 0 Å². The van der Waals surface area contributed by atoms with E-state index >= 15 is 0 Å². The second-order valence-corrected chi connectivity index (χ2v) is 4.22. The van der Waals surface area contributed by atoms with Crippen LogP contribution in [0.1, 0.15) is 12.0 Å². The first kappa shape index (κ1) is 12.6. The Morgan fingerprint density at radius 1 is 1.39 bits per heavy atom. The molecule has 0 unspecified atom stereocenters. The van der Waals surface area contributed by atoms with Crippen molar-refractivity contribution in [1.82, 2.24) is 24.5 Å². The van der Waals surface area contributed by atoms with Crippen LogP contribution in [0, 0.1) is 6.92 Å². The summed E-state index contributed by atoms with van der Waals surface area (Å²) in [7, 11) is 0. The summed E-state index contributed by atoms with van der Waals surface area (Å²) in [6, 6.07) is 0. The Hall–Kier alpha value is -1.89. The minimum atomic E-state index is -0.491. The second-order valence-electron chi connectivity index (χ2n) is 3.85. The van der Waals surface area contributed by atoms with Gasteiger partial charge in [0.15, 0.2) is 0 Å². The number of hydrogen-bond acceptors (Lipinski definition) is 4. The van der Waals surface area contributed by atoms with Gasteiger partial charge in [-0.15, -0.1) is 5.10 Å². The smallest absolute Gasteiger partial charge is 0.297 e. The predicted molar refractivity (Wildman–Crippen MR) is 65.7 cm³/mol. The van der Waals surface area contributed by atoms with E-state index in [2.05, 4.69) is 15.3 Å². The lowest BCUT2D eigenvalue weighted by atomic mass is 10.3. The van der Waals surface area contributed by atoms with Gasteiger partial charge in [0, 0.05) is 24.8 Å². The van der Waals surface area contributed by atoms with E-state index in [1.54, 1.807) is 24.0 Å². The lowest BCUT2D eigenvalue weighted by Gasteiger charge is -2.06. The zero-order chi connectivity index (χ0) is 13.1. The van der Waals surface area contributed by atoms with Gasteiger partial charge in [-0.25, -0.2) is 4.79 Å². The van der Waals surface area contributed by atoms with Crippen LogP contribution in [0.2, 0.25) is 5.15 Å². The van der Waals surface area contributed by atoms with Crippen molar-refractivity contribution in [1.29, 1.82) is 0 Å². The fourth-order valence-corrected chi connectivity index (χ4v) is 1.75. The zero-order valence-corrected chi connectivity index (χ0v) is 10.5. The molecule has 0 aliphatic carbocycles. The number of H-pyrrole nitrogens is 1. The van der Waals surface area contributed by atoms with Gasteiger partial charge in [0.1, 0.15) is 5.15 Å². The fraction of sp³-hybridized carbons (Fsp3) is 0.400. The molecule has 1 N–H and O–H groups in total. The van der Waals surface area contributed by atoms with Gasteiger partial charge in [0.05, 0.1) is 6.20 Å². The molecule has 7 nitrogen and oxygen atoms in total. The summed E-state index contributed by atoms with van der Waals surface area (Å²) in [4.78, 5) is 25.8. The monoisotopic (exact) mass is 269 g/mol. The molecule has 0 bridgehead atoms. The van der Waals surface area contributed by atoms with E-state index in [9.17, 15) is 9.59 Å². The van der Waals surface area contributed by atoms with Crippen LogP contribution in [0.25, 0.3) is 0 Å². The molecule has 0 spiro atoms. The third-order valence-corrected chi connectivity index (χ3v) is 2.98. The summed E-state index contributed by atoms with van der Waals surface area (Å²) in [5, 5.41) is 7.56. The molecule has 2 heterocycles. The van der Waals surface area contributed by atoms with Crippen molar-refractivity contribution >= 4 is 11.6 Å². The van der Waals surface area contributed by atoms with Gasteiger partial charge in [0.25, 0.3) is 5.56 Å². The van der Waals surface area contributed by atoms with Crippen molar-refractivity contribution in [2.75, 3.05) is 0 Å². The Kier molecular flexibility index (Phi) is 3.61. The highest BCUT2D eigenvalue weighted by atomic mass is 35.5. The van der Waals surface area contributed by atoms with E-state index in [1.165, 1.54) is 0 Å². The van der Waals surface area contributed by atoms with Crippen LogP contribution < -0.4 is 11.2 Å². The highest BCUT2D eigenvalue weighted by Crippen LogP contribution is 2.03. The molecule has 0 amide bonds. The van der Waals surface area contributed by atoms with Gasteiger partial charge < -0.3 is 0 Å². The number of rotatable bonds is 4. The van der Waals surface area contributed by atoms with Crippen LogP contribution in [0.3, 0.4) is 0 Å². The first-order valence-electron chi connectivity index (χ1n) is 5.43. The summed E-state index contributed by atoms with van der Waals surface area (Å²) < 4.78 is 2.78. The number of aryl methyl sites for hydroxylation is 1. The molecule has 0 aliphatic rings. The molecule has 0 atom stereocenters. The Morgan fingerprint density at radius 2 is 2.17 bits per heavy atom. The minimum Gasteiger partial charge on any atom is -0.297 e. The number of nitrogens with one attached hydrogen (secondary N) is 1. The maximum Gasteiger partial charge on any atom is 0.329 e. The SMILES string of the molecule is Cc1c(Cl)[nH]c(=O)n(CCCn2ccnn2)c1=O.